The maximum absolute atomic E-state index is 12.4. The average Bonchev–Trinajstić information content (AvgIpc) is 3.08. The van der Waals surface area contributed by atoms with Crippen LogP contribution in [0.1, 0.15) is 18.7 Å². The minimum atomic E-state index is 0.0460. The van der Waals surface area contributed by atoms with Crippen molar-refractivity contribution in [2.75, 3.05) is 53.1 Å². The summed E-state index contributed by atoms with van der Waals surface area (Å²) in [4.78, 5) is 21.2. The summed E-state index contributed by atoms with van der Waals surface area (Å²) < 4.78 is 13.0. The first kappa shape index (κ1) is 17.4. The molecule has 1 atom stereocenters. The molecule has 0 saturated carbocycles. The molecule has 1 amide bonds. The molecule has 1 spiro atoms. The van der Waals surface area contributed by atoms with E-state index in [0.29, 0.717) is 26.2 Å². The van der Waals surface area contributed by atoms with Crippen LogP contribution in [0.2, 0.25) is 0 Å². The highest BCUT2D eigenvalue weighted by Gasteiger charge is 2.42. The van der Waals surface area contributed by atoms with Gasteiger partial charge in [0.05, 0.1) is 32.8 Å². The summed E-state index contributed by atoms with van der Waals surface area (Å²) in [6, 6.07) is 0. The number of hydrogen-bond acceptors (Lipinski definition) is 5. The number of rotatable bonds is 5. The maximum atomic E-state index is 12.4. The normalized spacial score (nSPS) is 25.3. The van der Waals surface area contributed by atoms with Gasteiger partial charge in [-0.05, 0) is 13.0 Å². The van der Waals surface area contributed by atoms with Gasteiger partial charge in [-0.2, -0.15) is 0 Å². The molecule has 3 rings (SSSR count). The summed E-state index contributed by atoms with van der Waals surface area (Å²) in [5.74, 6) is 1.25. The Labute approximate surface area is 143 Å². The highest BCUT2D eigenvalue weighted by atomic mass is 16.5. The molecule has 2 saturated heterocycles. The second kappa shape index (κ2) is 7.63. The lowest BCUT2D eigenvalue weighted by molar-refractivity contribution is -0.133. The van der Waals surface area contributed by atoms with Crippen molar-refractivity contribution in [3.63, 3.8) is 0 Å². The van der Waals surface area contributed by atoms with Gasteiger partial charge in [0.1, 0.15) is 5.82 Å². The Hall–Kier alpha value is -1.44. The Balaban J connectivity index is 1.61. The number of amides is 1. The van der Waals surface area contributed by atoms with E-state index in [1.807, 2.05) is 24.3 Å². The van der Waals surface area contributed by atoms with Crippen LogP contribution in [-0.2, 0) is 27.9 Å². The van der Waals surface area contributed by atoms with Crippen molar-refractivity contribution in [2.24, 2.45) is 12.5 Å². The van der Waals surface area contributed by atoms with Crippen LogP contribution in [0.3, 0.4) is 0 Å². The van der Waals surface area contributed by atoms with E-state index in [4.69, 9.17) is 9.47 Å². The van der Waals surface area contributed by atoms with Crippen LogP contribution in [0, 0.1) is 5.41 Å². The molecule has 1 aromatic heterocycles. The third-order valence-corrected chi connectivity index (χ3v) is 5.12. The molecule has 7 heteroatoms. The number of aryl methyl sites for hydroxylation is 1. The number of carbonyl (C=O) groups is 1. The lowest BCUT2D eigenvalue weighted by Gasteiger charge is -2.32. The Morgan fingerprint density at radius 2 is 2.29 bits per heavy atom. The third-order valence-electron chi connectivity index (χ3n) is 5.12. The van der Waals surface area contributed by atoms with Crippen LogP contribution in [0.4, 0.5) is 0 Å². The minimum Gasteiger partial charge on any atom is -0.384 e. The summed E-state index contributed by atoms with van der Waals surface area (Å²) in [6.07, 6.45) is 5.33. The first-order valence-corrected chi connectivity index (χ1v) is 8.65. The molecule has 0 bridgehead atoms. The highest BCUT2D eigenvalue weighted by Crippen LogP contribution is 2.34. The quantitative estimate of drug-likeness (QED) is 0.784. The van der Waals surface area contributed by atoms with E-state index >= 15 is 0 Å². The molecule has 0 aliphatic carbocycles. The van der Waals surface area contributed by atoms with Gasteiger partial charge in [-0.15, -0.1) is 0 Å². The lowest BCUT2D eigenvalue weighted by Crippen LogP contribution is -2.43. The average molecular weight is 336 g/mol. The van der Waals surface area contributed by atoms with Gasteiger partial charge < -0.3 is 18.9 Å². The van der Waals surface area contributed by atoms with Crippen molar-refractivity contribution in [2.45, 2.75) is 19.4 Å². The molecular formula is C17H28N4O3. The molecule has 24 heavy (non-hydrogen) atoms. The Kier molecular flexibility index (Phi) is 5.53. The fourth-order valence-corrected chi connectivity index (χ4v) is 3.71. The number of ether oxygens (including phenoxy) is 2. The Morgan fingerprint density at radius 3 is 3.04 bits per heavy atom. The van der Waals surface area contributed by atoms with Crippen molar-refractivity contribution >= 4 is 5.91 Å². The molecule has 0 radical (unpaired) electrons. The number of methoxy groups -OCH3 is 1. The van der Waals surface area contributed by atoms with Crippen LogP contribution in [-0.4, -0.2) is 78.4 Å². The standard InChI is InChI=1S/C17H28N4O3/c1-19-7-5-18-15(19)11-20-6-4-17(12-20)13-21(8-10-24-14-17)16(22)3-9-23-2/h5,7H,3-4,6,8-14H2,1-2H3. The maximum Gasteiger partial charge on any atom is 0.224 e. The molecule has 1 unspecified atom stereocenters. The summed E-state index contributed by atoms with van der Waals surface area (Å²) in [7, 11) is 3.66. The molecule has 2 aliphatic rings. The van der Waals surface area contributed by atoms with Crippen LogP contribution in [0.5, 0.6) is 0 Å². The zero-order valence-corrected chi connectivity index (χ0v) is 14.7. The molecule has 2 aliphatic heterocycles. The van der Waals surface area contributed by atoms with Gasteiger partial charge in [-0.3, -0.25) is 9.69 Å². The van der Waals surface area contributed by atoms with Gasteiger partial charge in [0.25, 0.3) is 0 Å². The summed E-state index contributed by atoms with van der Waals surface area (Å²) >= 11 is 0. The van der Waals surface area contributed by atoms with E-state index in [1.54, 1.807) is 7.11 Å². The van der Waals surface area contributed by atoms with E-state index in [0.717, 1.165) is 45.0 Å². The fourth-order valence-electron chi connectivity index (χ4n) is 3.71. The fraction of sp³-hybridized carbons (Fsp3) is 0.765. The second-order valence-electron chi connectivity index (χ2n) is 7.03. The smallest absolute Gasteiger partial charge is 0.224 e. The molecule has 0 aromatic carbocycles. The van der Waals surface area contributed by atoms with Crippen molar-refractivity contribution in [3.8, 4) is 0 Å². The highest BCUT2D eigenvalue weighted by molar-refractivity contribution is 5.76. The number of imidazole rings is 1. The van der Waals surface area contributed by atoms with Gasteiger partial charge in [0.2, 0.25) is 5.91 Å². The van der Waals surface area contributed by atoms with Gasteiger partial charge in [0, 0.05) is 51.6 Å². The predicted octanol–water partition coefficient (Wildman–Crippen LogP) is 0.508. The molecule has 1 aromatic rings. The molecular weight excluding hydrogens is 308 g/mol. The monoisotopic (exact) mass is 336 g/mol. The van der Waals surface area contributed by atoms with Gasteiger partial charge in [-0.25, -0.2) is 4.98 Å². The van der Waals surface area contributed by atoms with Gasteiger partial charge >= 0.3 is 0 Å². The number of aromatic nitrogens is 2. The van der Waals surface area contributed by atoms with E-state index < -0.39 is 0 Å². The molecule has 7 nitrogen and oxygen atoms in total. The SMILES string of the molecule is COCCC(=O)N1CCOCC2(CCN(Cc3nccn3C)C2)C1. The number of carbonyl (C=O) groups excluding carboxylic acids is 1. The minimum absolute atomic E-state index is 0.0460. The predicted molar refractivity (Wildman–Crippen MR) is 89.4 cm³/mol. The first-order valence-electron chi connectivity index (χ1n) is 8.65. The molecule has 2 fully saturated rings. The number of hydrogen-bond donors (Lipinski definition) is 0. The van der Waals surface area contributed by atoms with Crippen molar-refractivity contribution in [1.82, 2.24) is 19.4 Å². The van der Waals surface area contributed by atoms with Gasteiger partial charge in [-0.1, -0.05) is 0 Å². The zero-order chi connectivity index (χ0) is 17.0. The van der Waals surface area contributed by atoms with Crippen LogP contribution >= 0.6 is 0 Å². The zero-order valence-electron chi connectivity index (χ0n) is 14.7. The topological polar surface area (TPSA) is 59.8 Å². The van der Waals surface area contributed by atoms with E-state index in [9.17, 15) is 4.79 Å². The number of likely N-dealkylation sites (tertiary alicyclic amines) is 1. The van der Waals surface area contributed by atoms with E-state index in [1.165, 1.54) is 0 Å². The molecule has 3 heterocycles. The van der Waals surface area contributed by atoms with Crippen molar-refractivity contribution in [1.29, 1.82) is 0 Å². The molecule has 0 N–H and O–H groups in total. The van der Waals surface area contributed by atoms with Crippen LogP contribution < -0.4 is 0 Å². The molecule has 134 valence electrons. The van der Waals surface area contributed by atoms with Crippen molar-refractivity contribution < 1.29 is 14.3 Å². The third kappa shape index (κ3) is 3.96. The van der Waals surface area contributed by atoms with Gasteiger partial charge in [0.15, 0.2) is 0 Å². The Bertz CT molecular complexity index is 562. The van der Waals surface area contributed by atoms with Crippen LogP contribution in [0.15, 0.2) is 12.4 Å². The summed E-state index contributed by atoms with van der Waals surface area (Å²) in [5, 5.41) is 0. The van der Waals surface area contributed by atoms with Crippen LogP contribution in [0.25, 0.3) is 0 Å². The van der Waals surface area contributed by atoms with E-state index in [-0.39, 0.29) is 11.3 Å². The lowest BCUT2D eigenvalue weighted by atomic mass is 9.87. The summed E-state index contributed by atoms with van der Waals surface area (Å²) in [5.41, 5.74) is 0.0460. The Morgan fingerprint density at radius 1 is 1.42 bits per heavy atom. The largest absolute Gasteiger partial charge is 0.384 e. The van der Waals surface area contributed by atoms with Crippen molar-refractivity contribution in [3.05, 3.63) is 18.2 Å². The first-order chi connectivity index (χ1) is 11.6. The number of nitrogens with zero attached hydrogens (tertiary/aromatic N) is 4. The van der Waals surface area contributed by atoms with E-state index in [2.05, 4.69) is 14.5 Å². The summed E-state index contributed by atoms with van der Waals surface area (Å²) in [6.45, 7) is 6.13. The second-order valence-corrected chi connectivity index (χ2v) is 7.03.